The van der Waals surface area contributed by atoms with E-state index in [0.717, 1.165) is 58.2 Å². The van der Waals surface area contributed by atoms with Crippen LogP contribution in [-0.4, -0.2) is 43.0 Å². The van der Waals surface area contributed by atoms with Gasteiger partial charge in [0.15, 0.2) is 0 Å². The van der Waals surface area contributed by atoms with Gasteiger partial charge in [-0.2, -0.15) is 0 Å². The smallest absolute Gasteiger partial charge is 0.312 e. The Labute approximate surface area is 121 Å². The third-order valence-electron chi connectivity index (χ3n) is 3.78. The average Bonchev–Trinajstić information content (AvgIpc) is 2.45. The Bertz CT molecular complexity index is 310. The van der Waals surface area contributed by atoms with Gasteiger partial charge in [0.25, 0.3) is 0 Å². The second-order valence-corrected chi connectivity index (χ2v) is 5.55. The normalized spacial score (nSPS) is 18.9. The highest BCUT2D eigenvalue weighted by Crippen LogP contribution is 2.17. The lowest BCUT2D eigenvalue weighted by Gasteiger charge is -2.32. The molecule has 0 aromatic carbocycles. The van der Waals surface area contributed by atoms with Crippen molar-refractivity contribution in [3.05, 3.63) is 0 Å². The fraction of sp³-hybridized carbons (Fsp3) is 0.857. The standard InChI is InChI=1S/C14H28N4O2/c15-8-4-2-1-3-7-13(19)18-9-5-6-12(11-18)10-17-14(16)20/h12H,1-11,15H2,(H3,16,17,20). The van der Waals surface area contributed by atoms with Crippen molar-refractivity contribution in [1.82, 2.24) is 10.2 Å². The zero-order valence-electron chi connectivity index (χ0n) is 12.3. The van der Waals surface area contributed by atoms with E-state index in [1.165, 1.54) is 0 Å². The largest absolute Gasteiger partial charge is 0.352 e. The molecule has 6 nitrogen and oxygen atoms in total. The number of hydrogen-bond acceptors (Lipinski definition) is 3. The Kier molecular flexibility index (Phi) is 8.02. The fourth-order valence-corrected chi connectivity index (χ4v) is 2.64. The van der Waals surface area contributed by atoms with Crippen LogP contribution in [0.4, 0.5) is 4.79 Å². The molecule has 0 aromatic rings. The molecular weight excluding hydrogens is 256 g/mol. The van der Waals surface area contributed by atoms with E-state index < -0.39 is 6.03 Å². The summed E-state index contributed by atoms with van der Waals surface area (Å²) in [4.78, 5) is 24.7. The van der Waals surface area contributed by atoms with E-state index in [1.54, 1.807) is 0 Å². The summed E-state index contributed by atoms with van der Waals surface area (Å²) in [6.07, 6.45) is 6.84. The van der Waals surface area contributed by atoms with Gasteiger partial charge in [0.2, 0.25) is 5.91 Å². The molecule has 0 aromatic heterocycles. The Hall–Kier alpha value is -1.30. The summed E-state index contributed by atoms with van der Waals surface area (Å²) >= 11 is 0. The van der Waals surface area contributed by atoms with Gasteiger partial charge >= 0.3 is 6.03 Å². The lowest BCUT2D eigenvalue weighted by molar-refractivity contribution is -0.133. The second-order valence-electron chi connectivity index (χ2n) is 5.55. The molecule has 1 rings (SSSR count). The lowest BCUT2D eigenvalue weighted by Crippen LogP contribution is -2.44. The van der Waals surface area contributed by atoms with Crippen LogP contribution in [0.25, 0.3) is 0 Å². The number of rotatable bonds is 8. The van der Waals surface area contributed by atoms with Crippen molar-refractivity contribution in [3.63, 3.8) is 0 Å². The van der Waals surface area contributed by atoms with E-state index in [-0.39, 0.29) is 5.91 Å². The molecule has 1 atom stereocenters. The maximum Gasteiger partial charge on any atom is 0.312 e. The second kappa shape index (κ2) is 9.58. The first-order valence-electron chi connectivity index (χ1n) is 7.64. The number of hydrogen-bond donors (Lipinski definition) is 3. The summed E-state index contributed by atoms with van der Waals surface area (Å²) in [7, 11) is 0. The molecule has 6 heteroatoms. The summed E-state index contributed by atoms with van der Waals surface area (Å²) < 4.78 is 0. The topological polar surface area (TPSA) is 101 Å². The van der Waals surface area contributed by atoms with Crippen molar-refractivity contribution in [3.8, 4) is 0 Å². The fourth-order valence-electron chi connectivity index (χ4n) is 2.64. The highest BCUT2D eigenvalue weighted by molar-refractivity contribution is 5.76. The molecule has 1 aliphatic heterocycles. The number of primary amides is 1. The zero-order valence-corrected chi connectivity index (χ0v) is 12.3. The summed E-state index contributed by atoms with van der Waals surface area (Å²) in [5, 5.41) is 2.63. The number of nitrogens with one attached hydrogen (secondary N) is 1. The van der Waals surface area contributed by atoms with Crippen molar-refractivity contribution in [2.24, 2.45) is 17.4 Å². The van der Waals surface area contributed by atoms with Gasteiger partial charge < -0.3 is 21.7 Å². The predicted octanol–water partition coefficient (Wildman–Crippen LogP) is 0.803. The zero-order chi connectivity index (χ0) is 14.8. The van der Waals surface area contributed by atoms with Crippen LogP contribution in [0.5, 0.6) is 0 Å². The van der Waals surface area contributed by atoms with Crippen LogP contribution in [0.15, 0.2) is 0 Å². The number of carbonyl (C=O) groups is 2. The highest BCUT2D eigenvalue weighted by atomic mass is 16.2. The summed E-state index contributed by atoms with van der Waals surface area (Å²) in [6.45, 7) is 2.88. The van der Waals surface area contributed by atoms with Crippen molar-refractivity contribution in [2.75, 3.05) is 26.2 Å². The quantitative estimate of drug-likeness (QED) is 0.575. The molecule has 3 amide bonds. The van der Waals surface area contributed by atoms with Crippen molar-refractivity contribution < 1.29 is 9.59 Å². The molecule has 5 N–H and O–H groups in total. The van der Waals surface area contributed by atoms with Crippen LogP contribution in [0.2, 0.25) is 0 Å². The number of piperidine rings is 1. The third-order valence-corrected chi connectivity index (χ3v) is 3.78. The molecule has 1 saturated heterocycles. The molecule has 0 saturated carbocycles. The van der Waals surface area contributed by atoms with Crippen LogP contribution in [0.1, 0.15) is 44.9 Å². The van der Waals surface area contributed by atoms with Crippen LogP contribution in [-0.2, 0) is 4.79 Å². The van der Waals surface area contributed by atoms with Crippen LogP contribution in [0, 0.1) is 5.92 Å². The molecule has 0 bridgehead atoms. The minimum atomic E-state index is -0.492. The van der Waals surface area contributed by atoms with E-state index in [1.807, 2.05) is 4.90 Å². The van der Waals surface area contributed by atoms with Crippen molar-refractivity contribution in [1.29, 1.82) is 0 Å². The third kappa shape index (κ3) is 6.75. The van der Waals surface area contributed by atoms with Gasteiger partial charge in [-0.25, -0.2) is 4.79 Å². The Morgan fingerprint density at radius 3 is 2.65 bits per heavy atom. The minimum Gasteiger partial charge on any atom is -0.352 e. The van der Waals surface area contributed by atoms with Gasteiger partial charge in [-0.05, 0) is 38.1 Å². The first-order chi connectivity index (χ1) is 9.63. The van der Waals surface area contributed by atoms with E-state index >= 15 is 0 Å². The molecule has 20 heavy (non-hydrogen) atoms. The number of nitrogens with zero attached hydrogens (tertiary/aromatic N) is 1. The number of likely N-dealkylation sites (tertiary alicyclic amines) is 1. The molecule has 116 valence electrons. The van der Waals surface area contributed by atoms with Gasteiger partial charge in [0, 0.05) is 26.1 Å². The molecule has 1 unspecified atom stereocenters. The van der Waals surface area contributed by atoms with Gasteiger partial charge in [0.05, 0.1) is 0 Å². The predicted molar refractivity (Wildman–Crippen MR) is 79.0 cm³/mol. The van der Waals surface area contributed by atoms with Gasteiger partial charge in [0.1, 0.15) is 0 Å². The summed E-state index contributed by atoms with van der Waals surface area (Å²) in [5.41, 5.74) is 10.5. The Balaban J connectivity index is 2.20. The molecule has 1 heterocycles. The van der Waals surface area contributed by atoms with Crippen LogP contribution >= 0.6 is 0 Å². The van der Waals surface area contributed by atoms with Crippen LogP contribution < -0.4 is 16.8 Å². The van der Waals surface area contributed by atoms with Gasteiger partial charge in [-0.15, -0.1) is 0 Å². The molecule has 0 radical (unpaired) electrons. The molecular formula is C14H28N4O2. The maximum atomic E-state index is 12.1. The maximum absolute atomic E-state index is 12.1. The van der Waals surface area contributed by atoms with E-state index in [0.29, 0.717) is 18.9 Å². The van der Waals surface area contributed by atoms with Crippen LogP contribution in [0.3, 0.4) is 0 Å². The summed E-state index contributed by atoms with van der Waals surface area (Å²) in [5.74, 6) is 0.568. The summed E-state index contributed by atoms with van der Waals surface area (Å²) in [6, 6.07) is -0.492. The van der Waals surface area contributed by atoms with Crippen molar-refractivity contribution >= 4 is 11.9 Å². The Morgan fingerprint density at radius 1 is 1.20 bits per heavy atom. The first-order valence-corrected chi connectivity index (χ1v) is 7.64. The monoisotopic (exact) mass is 284 g/mol. The van der Waals surface area contributed by atoms with Crippen molar-refractivity contribution in [2.45, 2.75) is 44.9 Å². The molecule has 0 aliphatic carbocycles. The number of carbonyl (C=O) groups excluding carboxylic acids is 2. The van der Waals surface area contributed by atoms with E-state index in [9.17, 15) is 9.59 Å². The number of urea groups is 1. The minimum absolute atomic E-state index is 0.238. The highest BCUT2D eigenvalue weighted by Gasteiger charge is 2.23. The van der Waals surface area contributed by atoms with E-state index in [2.05, 4.69) is 5.32 Å². The number of unbranched alkanes of at least 4 members (excludes halogenated alkanes) is 3. The molecule has 0 spiro atoms. The van der Waals surface area contributed by atoms with Gasteiger partial charge in [-0.1, -0.05) is 12.8 Å². The van der Waals surface area contributed by atoms with E-state index in [4.69, 9.17) is 11.5 Å². The average molecular weight is 284 g/mol. The number of amides is 3. The number of nitrogens with two attached hydrogens (primary N) is 2. The Morgan fingerprint density at radius 2 is 1.95 bits per heavy atom. The molecule has 1 fully saturated rings. The lowest BCUT2D eigenvalue weighted by atomic mass is 9.97. The molecule has 1 aliphatic rings. The van der Waals surface area contributed by atoms with Gasteiger partial charge in [-0.3, -0.25) is 4.79 Å². The SMILES string of the molecule is NCCCCCCC(=O)N1CCCC(CNC(N)=O)C1. The first kappa shape index (κ1) is 16.8.